The summed E-state index contributed by atoms with van der Waals surface area (Å²) in [7, 11) is 0. The first kappa shape index (κ1) is 13.3. The van der Waals surface area contributed by atoms with Crippen molar-refractivity contribution in [3.63, 3.8) is 0 Å². The molecule has 8 heteroatoms. The lowest BCUT2D eigenvalue weighted by atomic mass is 10.1. The minimum absolute atomic E-state index is 0.0902. The predicted molar refractivity (Wildman–Crippen MR) is 76.2 cm³/mol. The maximum atomic E-state index is 11.3. The highest BCUT2D eigenvalue weighted by Crippen LogP contribution is 2.33. The van der Waals surface area contributed by atoms with Crippen molar-refractivity contribution in [3.05, 3.63) is 51.5 Å². The van der Waals surface area contributed by atoms with Gasteiger partial charge in [-0.15, -0.1) is 0 Å². The second-order valence-electron chi connectivity index (χ2n) is 4.24. The molecule has 0 aliphatic heterocycles. The van der Waals surface area contributed by atoms with Gasteiger partial charge in [-0.2, -0.15) is 9.38 Å². The van der Waals surface area contributed by atoms with Crippen molar-refractivity contribution in [2.75, 3.05) is 0 Å². The number of hydrogen-bond donors (Lipinski definition) is 0. The molecule has 3 aromatic rings. The summed E-state index contributed by atoms with van der Waals surface area (Å²) in [5, 5.41) is 12.9. The third-order valence-electron chi connectivity index (χ3n) is 2.83. The summed E-state index contributed by atoms with van der Waals surface area (Å²) >= 11 is 1.27. The first-order valence-electron chi connectivity index (χ1n) is 5.95. The lowest BCUT2D eigenvalue weighted by Gasteiger charge is -2.03. The minimum Gasteiger partial charge on any atom is -0.432 e. The molecule has 0 amide bonds. The number of imidazole rings is 1. The number of benzene rings is 1. The third-order valence-corrected chi connectivity index (χ3v) is 3.59. The van der Waals surface area contributed by atoms with E-state index in [-0.39, 0.29) is 17.5 Å². The highest BCUT2D eigenvalue weighted by atomic mass is 32.1. The van der Waals surface area contributed by atoms with E-state index in [1.54, 1.807) is 29.8 Å². The molecule has 0 aliphatic carbocycles. The van der Waals surface area contributed by atoms with E-state index in [1.165, 1.54) is 28.7 Å². The van der Waals surface area contributed by atoms with Crippen LogP contribution in [0.1, 0.15) is 17.3 Å². The molecule has 7 nitrogen and oxygen atoms in total. The average molecular weight is 303 g/mol. The number of nitro groups is 1. The number of ether oxygens (including phenoxy) is 1. The topological polar surface area (TPSA) is 86.7 Å². The molecule has 2 aromatic heterocycles. The average Bonchev–Trinajstić information content (AvgIpc) is 2.98. The second-order valence-corrected chi connectivity index (χ2v) is 5.11. The van der Waals surface area contributed by atoms with Crippen LogP contribution in [-0.2, 0) is 0 Å². The van der Waals surface area contributed by atoms with Crippen molar-refractivity contribution in [1.82, 2.24) is 9.38 Å². The maximum Gasteiger partial charge on any atom is 0.393 e. The number of fused-ring (bicyclic) bond motifs is 1. The van der Waals surface area contributed by atoms with Crippen LogP contribution in [0.15, 0.2) is 35.8 Å². The summed E-state index contributed by atoms with van der Waals surface area (Å²) in [5.41, 5.74) is 0.469. The van der Waals surface area contributed by atoms with Crippen molar-refractivity contribution >= 4 is 27.9 Å². The molecule has 0 radical (unpaired) electrons. The number of rotatable bonds is 4. The van der Waals surface area contributed by atoms with Crippen LogP contribution in [-0.4, -0.2) is 20.1 Å². The molecule has 0 saturated carbocycles. The Bertz CT molecular complexity index is 852. The van der Waals surface area contributed by atoms with E-state index >= 15 is 0 Å². The Hall–Kier alpha value is -2.74. The zero-order valence-corrected chi connectivity index (χ0v) is 11.7. The van der Waals surface area contributed by atoms with Crippen molar-refractivity contribution in [2.45, 2.75) is 6.92 Å². The van der Waals surface area contributed by atoms with Gasteiger partial charge in [-0.3, -0.25) is 4.79 Å². The van der Waals surface area contributed by atoms with E-state index < -0.39 is 4.92 Å². The Balaban J connectivity index is 2.03. The SMILES string of the molecule is CC(=O)c1cccc(Oc2nc3sccn3c2[N+](=O)[O-])c1. The molecular weight excluding hydrogens is 294 g/mol. The quantitative estimate of drug-likeness (QED) is 0.419. The standard InChI is InChI=1S/C13H9N3O4S/c1-8(17)9-3-2-4-10(7-9)20-11-12(16(18)19)15-5-6-21-13(15)14-11/h2-7H,1H3. The van der Waals surface area contributed by atoms with Gasteiger partial charge in [-0.25, -0.2) is 0 Å². The molecule has 0 N–H and O–H groups in total. The summed E-state index contributed by atoms with van der Waals surface area (Å²) in [6, 6.07) is 6.44. The molecule has 3 rings (SSSR count). The van der Waals surface area contributed by atoms with Gasteiger partial charge in [0.15, 0.2) is 5.78 Å². The van der Waals surface area contributed by atoms with Gasteiger partial charge in [-0.1, -0.05) is 23.5 Å². The Morgan fingerprint density at radius 1 is 1.48 bits per heavy atom. The molecule has 106 valence electrons. The van der Waals surface area contributed by atoms with Crippen LogP contribution in [0.2, 0.25) is 0 Å². The summed E-state index contributed by atoms with van der Waals surface area (Å²) in [6.45, 7) is 1.44. The third kappa shape index (κ3) is 2.36. The van der Waals surface area contributed by atoms with Crippen LogP contribution in [0.25, 0.3) is 4.96 Å². The first-order valence-corrected chi connectivity index (χ1v) is 6.83. The fourth-order valence-electron chi connectivity index (χ4n) is 1.88. The van der Waals surface area contributed by atoms with Gasteiger partial charge < -0.3 is 14.9 Å². The minimum atomic E-state index is -0.545. The number of carbonyl (C=O) groups excluding carboxylic acids is 1. The molecule has 0 saturated heterocycles. The van der Waals surface area contributed by atoms with Gasteiger partial charge in [0.05, 0.1) is 0 Å². The highest BCUT2D eigenvalue weighted by Gasteiger charge is 2.25. The maximum absolute atomic E-state index is 11.3. The van der Waals surface area contributed by atoms with E-state index in [9.17, 15) is 14.9 Å². The summed E-state index contributed by atoms with van der Waals surface area (Å²) in [5.74, 6) is -0.107. The number of hydrogen-bond acceptors (Lipinski definition) is 6. The molecule has 0 unspecified atom stereocenters. The Morgan fingerprint density at radius 3 is 3.00 bits per heavy atom. The predicted octanol–water partition coefficient (Wildman–Crippen LogP) is 3.30. The number of Topliss-reactive ketones (excluding diaryl/α,β-unsaturated/α-hetero) is 1. The van der Waals surface area contributed by atoms with Crippen LogP contribution >= 0.6 is 11.3 Å². The van der Waals surface area contributed by atoms with Gasteiger partial charge >= 0.3 is 11.7 Å². The number of ketones is 1. The zero-order valence-electron chi connectivity index (χ0n) is 10.8. The Labute approximate surface area is 122 Å². The van der Waals surface area contributed by atoms with Gasteiger partial charge in [-0.05, 0) is 24.0 Å². The first-order chi connectivity index (χ1) is 10.1. The summed E-state index contributed by atoms with van der Waals surface area (Å²) in [4.78, 5) is 26.5. The molecule has 1 aromatic carbocycles. The van der Waals surface area contributed by atoms with E-state index in [2.05, 4.69) is 4.98 Å². The van der Waals surface area contributed by atoms with Crippen LogP contribution < -0.4 is 4.74 Å². The number of nitrogens with zero attached hydrogens (tertiary/aromatic N) is 3. The van der Waals surface area contributed by atoms with Gasteiger partial charge in [0.2, 0.25) is 0 Å². The molecule has 0 bridgehead atoms. The largest absolute Gasteiger partial charge is 0.432 e. The molecule has 0 fully saturated rings. The van der Waals surface area contributed by atoms with Crippen molar-refractivity contribution in [1.29, 1.82) is 0 Å². The van der Waals surface area contributed by atoms with E-state index in [0.717, 1.165) is 0 Å². The molecule has 0 aliphatic rings. The van der Waals surface area contributed by atoms with Crippen molar-refractivity contribution < 1.29 is 14.5 Å². The monoisotopic (exact) mass is 303 g/mol. The van der Waals surface area contributed by atoms with E-state index in [4.69, 9.17) is 4.74 Å². The molecular formula is C13H9N3O4S. The Kier molecular flexibility index (Phi) is 3.15. The van der Waals surface area contributed by atoms with Crippen molar-refractivity contribution in [3.8, 4) is 11.6 Å². The number of aromatic nitrogens is 2. The lowest BCUT2D eigenvalue weighted by Crippen LogP contribution is -1.96. The summed E-state index contributed by atoms with van der Waals surface area (Å²) in [6.07, 6.45) is 1.56. The fraction of sp³-hybridized carbons (Fsp3) is 0.0769. The smallest absolute Gasteiger partial charge is 0.393 e. The summed E-state index contributed by atoms with van der Waals surface area (Å²) < 4.78 is 6.84. The van der Waals surface area contributed by atoms with E-state index in [1.807, 2.05) is 0 Å². The second kappa shape index (κ2) is 4.98. The van der Waals surface area contributed by atoms with Crippen LogP contribution in [0, 0.1) is 10.1 Å². The Morgan fingerprint density at radius 2 is 2.29 bits per heavy atom. The lowest BCUT2D eigenvalue weighted by molar-refractivity contribution is -0.391. The van der Waals surface area contributed by atoms with Crippen LogP contribution in [0.3, 0.4) is 0 Å². The van der Waals surface area contributed by atoms with Crippen LogP contribution in [0.5, 0.6) is 11.6 Å². The fourth-order valence-corrected chi connectivity index (χ4v) is 2.58. The molecule has 0 atom stereocenters. The highest BCUT2D eigenvalue weighted by molar-refractivity contribution is 7.15. The molecule has 21 heavy (non-hydrogen) atoms. The number of thiazole rings is 1. The zero-order chi connectivity index (χ0) is 15.0. The molecule has 2 heterocycles. The molecule has 0 spiro atoms. The van der Waals surface area contributed by atoms with Gasteiger partial charge in [0.1, 0.15) is 11.9 Å². The van der Waals surface area contributed by atoms with E-state index in [0.29, 0.717) is 16.3 Å². The van der Waals surface area contributed by atoms with Crippen LogP contribution in [0.4, 0.5) is 5.82 Å². The number of carbonyl (C=O) groups is 1. The van der Waals surface area contributed by atoms with Crippen molar-refractivity contribution in [2.24, 2.45) is 0 Å². The van der Waals surface area contributed by atoms with Gasteiger partial charge in [0.25, 0.3) is 4.96 Å². The normalized spacial score (nSPS) is 10.7. The van der Waals surface area contributed by atoms with Gasteiger partial charge in [0, 0.05) is 10.9 Å².